The average Bonchev–Trinajstić information content (AvgIpc) is 2.67. The van der Waals surface area contributed by atoms with Gasteiger partial charge >= 0.3 is 0 Å². The molecule has 132 valence electrons. The number of hydrogen-bond donors (Lipinski definition) is 1. The number of aryl methyl sites for hydroxylation is 1. The number of aromatic nitrogens is 3. The van der Waals surface area contributed by atoms with Gasteiger partial charge in [-0.25, -0.2) is 9.97 Å². The lowest BCUT2D eigenvalue weighted by molar-refractivity contribution is -0.122. The van der Waals surface area contributed by atoms with Crippen LogP contribution in [0, 0.1) is 0 Å². The molecule has 1 saturated heterocycles. The lowest BCUT2D eigenvalue weighted by Crippen LogP contribution is -2.50. The molecule has 2 aromatic heterocycles. The fourth-order valence-electron chi connectivity index (χ4n) is 2.86. The largest absolute Gasteiger partial charge is 0.355 e. The molecule has 0 radical (unpaired) electrons. The first-order valence-electron chi connectivity index (χ1n) is 8.72. The van der Waals surface area contributed by atoms with E-state index in [1.54, 1.807) is 18.6 Å². The first kappa shape index (κ1) is 17.3. The zero-order valence-electron chi connectivity index (χ0n) is 14.3. The Bertz CT molecular complexity index is 643. The van der Waals surface area contributed by atoms with Crippen molar-refractivity contribution in [1.29, 1.82) is 0 Å². The van der Waals surface area contributed by atoms with Crippen LogP contribution in [0.15, 0.2) is 42.9 Å². The van der Waals surface area contributed by atoms with Crippen LogP contribution in [-0.4, -0.2) is 65.0 Å². The van der Waals surface area contributed by atoms with Crippen LogP contribution in [-0.2, 0) is 11.2 Å². The van der Waals surface area contributed by atoms with E-state index in [0.29, 0.717) is 13.1 Å². The Kier molecular flexibility index (Phi) is 6.28. The molecule has 0 unspecified atom stereocenters. The third kappa shape index (κ3) is 5.49. The van der Waals surface area contributed by atoms with E-state index in [1.807, 2.05) is 24.3 Å². The van der Waals surface area contributed by atoms with Gasteiger partial charge in [-0.2, -0.15) is 0 Å². The van der Waals surface area contributed by atoms with E-state index in [0.717, 1.165) is 50.7 Å². The first-order valence-corrected chi connectivity index (χ1v) is 8.72. The second-order valence-electron chi connectivity index (χ2n) is 6.09. The Morgan fingerprint density at radius 2 is 1.76 bits per heavy atom. The van der Waals surface area contributed by atoms with Crippen molar-refractivity contribution in [3.8, 4) is 0 Å². The number of pyridine rings is 1. The Morgan fingerprint density at radius 1 is 1.00 bits per heavy atom. The van der Waals surface area contributed by atoms with Crippen LogP contribution in [0.5, 0.6) is 0 Å². The highest BCUT2D eigenvalue weighted by atomic mass is 16.2. The van der Waals surface area contributed by atoms with Gasteiger partial charge in [0.25, 0.3) is 0 Å². The summed E-state index contributed by atoms with van der Waals surface area (Å²) in [5.41, 5.74) is 1.07. The molecule has 0 bridgehead atoms. The second-order valence-corrected chi connectivity index (χ2v) is 6.09. The molecule has 1 N–H and O–H groups in total. The first-order chi connectivity index (χ1) is 12.3. The summed E-state index contributed by atoms with van der Waals surface area (Å²) in [7, 11) is 0. The smallest absolute Gasteiger partial charge is 0.234 e. The highest BCUT2D eigenvalue weighted by molar-refractivity contribution is 5.78. The van der Waals surface area contributed by atoms with Crippen LogP contribution in [0.1, 0.15) is 12.1 Å². The SMILES string of the molecule is O=C(CN1CCN(c2ncccn2)CC1)NCCCc1ccccn1. The highest BCUT2D eigenvalue weighted by Crippen LogP contribution is 2.09. The molecule has 1 amide bonds. The summed E-state index contributed by atoms with van der Waals surface area (Å²) in [5.74, 6) is 0.853. The molecule has 7 nitrogen and oxygen atoms in total. The summed E-state index contributed by atoms with van der Waals surface area (Å²) in [6.45, 7) is 4.52. The normalized spacial score (nSPS) is 15.1. The number of piperazine rings is 1. The minimum Gasteiger partial charge on any atom is -0.355 e. The zero-order chi connectivity index (χ0) is 17.3. The van der Waals surface area contributed by atoms with E-state index in [2.05, 4.69) is 30.1 Å². The molecule has 3 rings (SSSR count). The van der Waals surface area contributed by atoms with Crippen molar-refractivity contribution in [2.75, 3.05) is 44.2 Å². The van der Waals surface area contributed by atoms with Crippen molar-refractivity contribution in [3.05, 3.63) is 48.5 Å². The molecule has 25 heavy (non-hydrogen) atoms. The number of hydrogen-bond acceptors (Lipinski definition) is 6. The van der Waals surface area contributed by atoms with Gasteiger partial charge < -0.3 is 10.2 Å². The lowest BCUT2D eigenvalue weighted by atomic mass is 10.2. The van der Waals surface area contributed by atoms with Gasteiger partial charge in [0.05, 0.1) is 6.54 Å². The Hall–Kier alpha value is -2.54. The number of carbonyl (C=O) groups excluding carboxylic acids is 1. The van der Waals surface area contributed by atoms with Crippen LogP contribution in [0.3, 0.4) is 0 Å². The fraction of sp³-hybridized carbons (Fsp3) is 0.444. The maximum Gasteiger partial charge on any atom is 0.234 e. The molecule has 0 aliphatic carbocycles. The quantitative estimate of drug-likeness (QED) is 0.750. The molecule has 0 aromatic carbocycles. The second kappa shape index (κ2) is 9.08. The van der Waals surface area contributed by atoms with Gasteiger partial charge in [-0.05, 0) is 31.0 Å². The molecule has 3 heterocycles. The van der Waals surface area contributed by atoms with Crippen molar-refractivity contribution < 1.29 is 4.79 Å². The van der Waals surface area contributed by atoms with E-state index in [-0.39, 0.29) is 5.91 Å². The highest BCUT2D eigenvalue weighted by Gasteiger charge is 2.20. The van der Waals surface area contributed by atoms with Crippen LogP contribution < -0.4 is 10.2 Å². The van der Waals surface area contributed by atoms with Crippen LogP contribution in [0.25, 0.3) is 0 Å². The average molecular weight is 340 g/mol. The summed E-state index contributed by atoms with van der Waals surface area (Å²) < 4.78 is 0. The number of amides is 1. The van der Waals surface area contributed by atoms with Crippen LogP contribution in [0.4, 0.5) is 5.95 Å². The number of carbonyl (C=O) groups is 1. The maximum atomic E-state index is 12.1. The summed E-state index contributed by atoms with van der Waals surface area (Å²) >= 11 is 0. The molecular formula is C18H24N6O. The van der Waals surface area contributed by atoms with Gasteiger partial charge in [-0.1, -0.05) is 6.07 Å². The number of anilines is 1. The maximum absolute atomic E-state index is 12.1. The van der Waals surface area contributed by atoms with E-state index in [9.17, 15) is 4.79 Å². The monoisotopic (exact) mass is 340 g/mol. The molecule has 1 fully saturated rings. The topological polar surface area (TPSA) is 74.2 Å². The van der Waals surface area contributed by atoms with Crippen LogP contribution in [0.2, 0.25) is 0 Å². The number of nitrogens with one attached hydrogen (secondary N) is 1. The van der Waals surface area contributed by atoms with Gasteiger partial charge in [-0.3, -0.25) is 14.7 Å². The number of rotatable bonds is 7. The minimum atomic E-state index is 0.0884. The lowest BCUT2D eigenvalue weighted by Gasteiger charge is -2.34. The Morgan fingerprint density at radius 3 is 2.48 bits per heavy atom. The van der Waals surface area contributed by atoms with E-state index < -0.39 is 0 Å². The Balaban J connectivity index is 1.31. The van der Waals surface area contributed by atoms with Crippen molar-refractivity contribution in [3.63, 3.8) is 0 Å². The Labute approximate surface area is 148 Å². The number of nitrogens with zero attached hydrogens (tertiary/aromatic N) is 5. The fourth-order valence-corrected chi connectivity index (χ4v) is 2.86. The van der Waals surface area contributed by atoms with Crippen molar-refractivity contribution in [1.82, 2.24) is 25.2 Å². The summed E-state index contributed by atoms with van der Waals surface area (Å²) in [6, 6.07) is 7.73. The standard InChI is InChI=1S/C18H24N6O/c25-17(20-8-3-6-16-5-1-2-7-19-16)15-23-11-13-24(14-12-23)18-21-9-4-10-22-18/h1-2,4-5,7,9-10H,3,6,8,11-15H2,(H,20,25). The summed E-state index contributed by atoms with van der Waals surface area (Å²) in [5, 5.41) is 3.00. The van der Waals surface area contributed by atoms with Gasteiger partial charge in [0.15, 0.2) is 0 Å². The molecule has 2 aromatic rings. The molecular weight excluding hydrogens is 316 g/mol. The molecule has 1 aliphatic rings. The van der Waals surface area contributed by atoms with Gasteiger partial charge in [0, 0.05) is 57.0 Å². The summed E-state index contributed by atoms with van der Waals surface area (Å²) in [6.07, 6.45) is 7.10. The predicted molar refractivity (Wildman–Crippen MR) is 96.3 cm³/mol. The third-order valence-electron chi connectivity index (χ3n) is 4.23. The van der Waals surface area contributed by atoms with Crippen molar-refractivity contribution in [2.24, 2.45) is 0 Å². The van der Waals surface area contributed by atoms with Crippen molar-refractivity contribution >= 4 is 11.9 Å². The van der Waals surface area contributed by atoms with E-state index in [4.69, 9.17) is 0 Å². The minimum absolute atomic E-state index is 0.0884. The van der Waals surface area contributed by atoms with Gasteiger partial charge in [0.1, 0.15) is 0 Å². The third-order valence-corrected chi connectivity index (χ3v) is 4.23. The predicted octanol–water partition coefficient (Wildman–Crippen LogP) is 0.743. The molecule has 7 heteroatoms. The zero-order valence-corrected chi connectivity index (χ0v) is 14.3. The van der Waals surface area contributed by atoms with Crippen molar-refractivity contribution in [2.45, 2.75) is 12.8 Å². The summed E-state index contributed by atoms with van der Waals surface area (Å²) in [4.78, 5) is 29.2. The molecule has 0 saturated carbocycles. The van der Waals surface area contributed by atoms with Crippen LogP contribution >= 0.6 is 0 Å². The molecule has 0 spiro atoms. The van der Waals surface area contributed by atoms with E-state index >= 15 is 0 Å². The van der Waals surface area contributed by atoms with Gasteiger partial charge in [-0.15, -0.1) is 0 Å². The molecule has 1 aliphatic heterocycles. The van der Waals surface area contributed by atoms with E-state index in [1.165, 1.54) is 0 Å². The van der Waals surface area contributed by atoms with Gasteiger partial charge in [0.2, 0.25) is 11.9 Å². The molecule has 0 atom stereocenters.